The summed E-state index contributed by atoms with van der Waals surface area (Å²) in [6.07, 6.45) is 4.87. The third kappa shape index (κ3) is 4.67. The molecule has 0 bridgehead atoms. The predicted octanol–water partition coefficient (Wildman–Crippen LogP) is 2.70. The SMILES string of the molecule is COc1ccc(S(=O)(=O)NCCOC2CCCC2)cc1Br. The molecule has 1 saturated carbocycles. The Labute approximate surface area is 134 Å². The minimum atomic E-state index is -3.52. The molecule has 1 aliphatic rings. The lowest BCUT2D eigenvalue weighted by atomic mass is 10.3. The van der Waals surface area contributed by atoms with Gasteiger partial charge >= 0.3 is 0 Å². The van der Waals surface area contributed by atoms with E-state index in [0.29, 0.717) is 22.9 Å². The highest BCUT2D eigenvalue weighted by atomic mass is 79.9. The van der Waals surface area contributed by atoms with Gasteiger partial charge in [-0.2, -0.15) is 0 Å². The third-order valence-electron chi connectivity index (χ3n) is 3.48. The predicted molar refractivity (Wildman–Crippen MR) is 84.1 cm³/mol. The minimum absolute atomic E-state index is 0.205. The van der Waals surface area contributed by atoms with Crippen molar-refractivity contribution in [3.05, 3.63) is 22.7 Å². The van der Waals surface area contributed by atoms with Crippen LogP contribution in [0.1, 0.15) is 25.7 Å². The highest BCUT2D eigenvalue weighted by molar-refractivity contribution is 9.10. The number of methoxy groups -OCH3 is 1. The van der Waals surface area contributed by atoms with E-state index in [0.717, 1.165) is 12.8 Å². The molecular formula is C14H20BrNO4S. The Bertz CT molecular complexity index is 570. The van der Waals surface area contributed by atoms with Gasteiger partial charge in [0.1, 0.15) is 5.75 Å². The van der Waals surface area contributed by atoms with Crippen LogP contribution >= 0.6 is 15.9 Å². The van der Waals surface area contributed by atoms with Crippen molar-refractivity contribution in [2.24, 2.45) is 0 Å². The van der Waals surface area contributed by atoms with Gasteiger partial charge in [0.05, 0.1) is 29.2 Å². The molecule has 0 heterocycles. The minimum Gasteiger partial charge on any atom is -0.496 e. The molecule has 5 nitrogen and oxygen atoms in total. The average Bonchev–Trinajstić information content (AvgIpc) is 2.97. The number of rotatable bonds is 7. The van der Waals surface area contributed by atoms with Crippen molar-refractivity contribution in [1.82, 2.24) is 4.72 Å². The molecule has 1 aliphatic carbocycles. The Morgan fingerprint density at radius 3 is 2.67 bits per heavy atom. The van der Waals surface area contributed by atoms with Crippen LogP contribution in [0, 0.1) is 0 Å². The van der Waals surface area contributed by atoms with Crippen LogP contribution < -0.4 is 9.46 Å². The lowest BCUT2D eigenvalue weighted by Gasteiger charge is -2.12. The fourth-order valence-corrected chi connectivity index (χ4v) is 4.09. The maximum atomic E-state index is 12.2. The monoisotopic (exact) mass is 377 g/mol. The lowest BCUT2D eigenvalue weighted by Crippen LogP contribution is -2.28. The highest BCUT2D eigenvalue weighted by Crippen LogP contribution is 2.27. The van der Waals surface area contributed by atoms with Crippen LogP contribution in [-0.2, 0) is 14.8 Å². The Hall–Kier alpha value is -0.630. The smallest absolute Gasteiger partial charge is 0.240 e. The second kappa shape index (κ2) is 7.58. The first-order chi connectivity index (χ1) is 10.0. The summed E-state index contributed by atoms with van der Waals surface area (Å²) in [4.78, 5) is 0.205. The summed E-state index contributed by atoms with van der Waals surface area (Å²) in [5.74, 6) is 0.596. The number of hydrogen-bond donors (Lipinski definition) is 1. The number of sulfonamides is 1. The molecule has 1 N–H and O–H groups in total. The number of ether oxygens (including phenoxy) is 2. The van der Waals surface area contributed by atoms with E-state index >= 15 is 0 Å². The summed E-state index contributed by atoms with van der Waals surface area (Å²) >= 11 is 3.28. The zero-order chi connectivity index (χ0) is 15.3. The molecule has 0 unspecified atom stereocenters. The van der Waals surface area contributed by atoms with Gasteiger partial charge in [-0.3, -0.25) is 0 Å². The van der Waals surface area contributed by atoms with Crippen LogP contribution in [0.2, 0.25) is 0 Å². The number of hydrogen-bond acceptors (Lipinski definition) is 4. The maximum Gasteiger partial charge on any atom is 0.240 e. The lowest BCUT2D eigenvalue weighted by molar-refractivity contribution is 0.0626. The van der Waals surface area contributed by atoms with Crippen LogP contribution in [0.3, 0.4) is 0 Å². The molecule has 7 heteroatoms. The molecule has 0 aromatic heterocycles. The Kier molecular flexibility index (Phi) is 6.04. The highest BCUT2D eigenvalue weighted by Gasteiger charge is 2.17. The standard InChI is InChI=1S/C14H20BrNO4S/c1-19-14-7-6-12(10-13(14)15)21(17,18)16-8-9-20-11-4-2-3-5-11/h6-7,10-11,16H,2-5,8-9H2,1H3. The van der Waals surface area contributed by atoms with Crippen molar-refractivity contribution in [3.8, 4) is 5.75 Å². The van der Waals surface area contributed by atoms with Crippen LogP contribution in [0.4, 0.5) is 0 Å². The Morgan fingerprint density at radius 2 is 2.05 bits per heavy atom. The van der Waals surface area contributed by atoms with Gasteiger partial charge in [0.15, 0.2) is 0 Å². The molecule has 2 rings (SSSR count). The van der Waals surface area contributed by atoms with E-state index in [-0.39, 0.29) is 11.4 Å². The van der Waals surface area contributed by atoms with Crippen molar-refractivity contribution in [2.75, 3.05) is 20.3 Å². The number of nitrogens with one attached hydrogen (secondary N) is 1. The molecule has 1 aromatic rings. The van der Waals surface area contributed by atoms with Crippen molar-refractivity contribution >= 4 is 26.0 Å². The third-order valence-corrected chi connectivity index (χ3v) is 5.56. The number of halogens is 1. The number of benzene rings is 1. The van der Waals surface area contributed by atoms with Gasteiger partial charge in [-0.25, -0.2) is 13.1 Å². The van der Waals surface area contributed by atoms with Crippen molar-refractivity contribution < 1.29 is 17.9 Å². The van der Waals surface area contributed by atoms with Gasteiger partial charge in [0, 0.05) is 6.54 Å². The second-order valence-corrected chi connectivity index (χ2v) is 7.59. The van der Waals surface area contributed by atoms with Crippen molar-refractivity contribution in [2.45, 2.75) is 36.7 Å². The molecule has 1 aromatic carbocycles. The van der Waals surface area contributed by atoms with E-state index < -0.39 is 10.0 Å². The van der Waals surface area contributed by atoms with Gasteiger partial charge in [0.2, 0.25) is 10.0 Å². The molecule has 0 aliphatic heterocycles. The second-order valence-electron chi connectivity index (χ2n) is 4.97. The summed E-state index contributed by atoms with van der Waals surface area (Å²) in [6.45, 7) is 0.684. The van der Waals surface area contributed by atoms with Crippen LogP contribution in [0.15, 0.2) is 27.6 Å². The van der Waals surface area contributed by atoms with Crippen molar-refractivity contribution in [1.29, 1.82) is 0 Å². The van der Waals surface area contributed by atoms with E-state index in [2.05, 4.69) is 20.7 Å². The molecule has 0 atom stereocenters. The zero-order valence-electron chi connectivity index (χ0n) is 12.0. The van der Waals surface area contributed by atoms with E-state index in [4.69, 9.17) is 9.47 Å². The summed E-state index contributed by atoms with van der Waals surface area (Å²) in [6, 6.07) is 4.66. The molecule has 0 amide bonds. The van der Waals surface area contributed by atoms with E-state index in [9.17, 15) is 8.42 Å². The van der Waals surface area contributed by atoms with Gasteiger partial charge < -0.3 is 9.47 Å². The van der Waals surface area contributed by atoms with E-state index in [1.54, 1.807) is 6.07 Å². The van der Waals surface area contributed by atoms with Gasteiger partial charge in [-0.1, -0.05) is 12.8 Å². The van der Waals surface area contributed by atoms with Crippen LogP contribution in [-0.4, -0.2) is 34.8 Å². The largest absolute Gasteiger partial charge is 0.496 e. The molecular weight excluding hydrogens is 358 g/mol. The maximum absolute atomic E-state index is 12.2. The van der Waals surface area contributed by atoms with E-state index in [1.807, 2.05) is 0 Å². The fourth-order valence-electron chi connectivity index (χ4n) is 2.35. The first-order valence-electron chi connectivity index (χ1n) is 6.98. The molecule has 0 radical (unpaired) electrons. The van der Waals surface area contributed by atoms with Gasteiger partial charge in [-0.05, 0) is 47.0 Å². The summed E-state index contributed by atoms with van der Waals surface area (Å²) in [7, 11) is -1.98. The summed E-state index contributed by atoms with van der Waals surface area (Å²) in [5.41, 5.74) is 0. The summed E-state index contributed by atoms with van der Waals surface area (Å²) in [5, 5.41) is 0. The van der Waals surface area contributed by atoms with Gasteiger partial charge in [0.25, 0.3) is 0 Å². The Balaban J connectivity index is 1.87. The van der Waals surface area contributed by atoms with Crippen LogP contribution in [0.5, 0.6) is 5.75 Å². The van der Waals surface area contributed by atoms with E-state index in [1.165, 1.54) is 32.1 Å². The normalized spacial score (nSPS) is 16.3. The van der Waals surface area contributed by atoms with Gasteiger partial charge in [-0.15, -0.1) is 0 Å². The quantitative estimate of drug-likeness (QED) is 0.741. The first-order valence-corrected chi connectivity index (χ1v) is 9.25. The fraction of sp³-hybridized carbons (Fsp3) is 0.571. The zero-order valence-corrected chi connectivity index (χ0v) is 14.4. The molecule has 0 saturated heterocycles. The molecule has 1 fully saturated rings. The summed E-state index contributed by atoms with van der Waals surface area (Å²) < 4.78 is 38.2. The Morgan fingerprint density at radius 1 is 1.33 bits per heavy atom. The molecule has 21 heavy (non-hydrogen) atoms. The molecule has 0 spiro atoms. The topological polar surface area (TPSA) is 64.6 Å². The molecule has 118 valence electrons. The van der Waals surface area contributed by atoms with Crippen LogP contribution in [0.25, 0.3) is 0 Å². The average molecular weight is 378 g/mol. The van der Waals surface area contributed by atoms with Crippen molar-refractivity contribution in [3.63, 3.8) is 0 Å². The first kappa shape index (κ1) is 16.7.